The van der Waals surface area contributed by atoms with Crippen molar-refractivity contribution in [2.24, 2.45) is 11.7 Å². The summed E-state index contributed by atoms with van der Waals surface area (Å²) in [6, 6.07) is 2.69. The van der Waals surface area contributed by atoms with E-state index in [0.717, 1.165) is 29.3 Å². The Kier molecular flexibility index (Phi) is 6.50. The van der Waals surface area contributed by atoms with Gasteiger partial charge in [-0.1, -0.05) is 0 Å². The maximum Gasteiger partial charge on any atom is 0.301 e. The summed E-state index contributed by atoms with van der Waals surface area (Å²) in [5, 5.41) is 3.56. The fourth-order valence-corrected chi connectivity index (χ4v) is 6.38. The third-order valence-electron chi connectivity index (χ3n) is 7.57. The Morgan fingerprint density at radius 3 is 2.59 bits per heavy atom. The monoisotopic (exact) mass is 563 g/mol. The molecule has 0 amide bonds. The van der Waals surface area contributed by atoms with E-state index in [4.69, 9.17) is 5.73 Å². The lowest BCUT2D eigenvalue weighted by Crippen LogP contribution is -2.42. The number of anilines is 2. The largest absolute Gasteiger partial charge is 0.354 e. The summed E-state index contributed by atoms with van der Waals surface area (Å²) in [5.74, 6) is -1.38. The van der Waals surface area contributed by atoms with Crippen LogP contribution < -0.4 is 21.3 Å². The predicted octanol–water partition coefficient (Wildman–Crippen LogP) is 2.92. The first kappa shape index (κ1) is 26.0. The molecule has 1 saturated heterocycles. The van der Waals surface area contributed by atoms with Gasteiger partial charge in [0, 0.05) is 43.3 Å². The third kappa shape index (κ3) is 4.96. The Bertz CT molecular complexity index is 1610. The minimum Gasteiger partial charge on any atom is -0.354 e. The molecule has 0 unspecified atom stereocenters. The van der Waals surface area contributed by atoms with Crippen LogP contribution >= 0.6 is 0 Å². The van der Waals surface area contributed by atoms with Crippen LogP contribution in [0.4, 0.5) is 24.8 Å². The Morgan fingerprint density at radius 2 is 1.92 bits per heavy atom. The fourth-order valence-electron chi connectivity index (χ4n) is 5.11. The fraction of sp³-hybridized carbons (Fsp3) is 0.480. The van der Waals surface area contributed by atoms with Crippen molar-refractivity contribution < 1.29 is 21.6 Å². The summed E-state index contributed by atoms with van der Waals surface area (Å²) in [6.07, 6.45) is 3.44. The normalized spacial score (nSPS) is 23.6. The molecule has 6 rings (SSSR count). The molecule has 39 heavy (non-hydrogen) atoms. The molecular weight excluding hydrogens is 535 g/mol. The van der Waals surface area contributed by atoms with Crippen molar-refractivity contribution in [3.05, 3.63) is 46.4 Å². The summed E-state index contributed by atoms with van der Waals surface area (Å²) in [5.41, 5.74) is 4.09. The molecule has 3 aromatic rings. The highest BCUT2D eigenvalue weighted by Crippen LogP contribution is 2.36. The number of hydrogen-bond donors (Lipinski definition) is 3. The van der Waals surface area contributed by atoms with Crippen LogP contribution in [0.25, 0.3) is 22.2 Å². The van der Waals surface area contributed by atoms with E-state index in [2.05, 4.69) is 20.0 Å². The maximum atomic E-state index is 15.8. The van der Waals surface area contributed by atoms with Crippen molar-refractivity contribution in [3.63, 3.8) is 0 Å². The summed E-state index contributed by atoms with van der Waals surface area (Å²) in [6.45, 7) is 0.286. The van der Waals surface area contributed by atoms with Gasteiger partial charge >= 0.3 is 10.2 Å². The minimum absolute atomic E-state index is 0.0272. The van der Waals surface area contributed by atoms with E-state index in [1.807, 2.05) is 0 Å². The summed E-state index contributed by atoms with van der Waals surface area (Å²) in [7, 11) is -4.30. The minimum atomic E-state index is -4.30. The van der Waals surface area contributed by atoms with Gasteiger partial charge in [-0.15, -0.1) is 0 Å². The van der Waals surface area contributed by atoms with E-state index in [1.165, 1.54) is 16.8 Å². The molecule has 0 bridgehead atoms. The van der Waals surface area contributed by atoms with Crippen molar-refractivity contribution >= 4 is 32.9 Å². The molecule has 4 N–H and O–H groups in total. The number of aromatic nitrogens is 3. The summed E-state index contributed by atoms with van der Waals surface area (Å²) in [4.78, 5) is 22.6. The average molecular weight is 564 g/mol. The molecule has 3 heterocycles. The van der Waals surface area contributed by atoms with Crippen LogP contribution in [0.15, 0.2) is 29.2 Å². The molecular formula is C25H28F3N7O3S. The van der Waals surface area contributed by atoms with Gasteiger partial charge in [0.25, 0.3) is 5.56 Å². The molecule has 2 saturated carbocycles. The predicted molar refractivity (Wildman–Crippen MR) is 140 cm³/mol. The highest BCUT2D eigenvalue weighted by molar-refractivity contribution is 7.90. The Labute approximate surface area is 222 Å². The molecule has 10 nitrogen and oxygen atoms in total. The Hall–Kier alpha value is -3.23. The molecule has 1 aliphatic heterocycles. The Morgan fingerprint density at radius 1 is 1.15 bits per heavy atom. The third-order valence-corrected chi connectivity index (χ3v) is 9.06. The summed E-state index contributed by atoms with van der Waals surface area (Å²) >= 11 is 0. The van der Waals surface area contributed by atoms with E-state index in [0.29, 0.717) is 42.3 Å². The number of halogens is 3. The van der Waals surface area contributed by atoms with Crippen molar-refractivity contribution in [2.75, 3.05) is 29.7 Å². The van der Waals surface area contributed by atoms with Gasteiger partial charge < -0.3 is 11.1 Å². The van der Waals surface area contributed by atoms with Crippen molar-refractivity contribution in [1.29, 1.82) is 0 Å². The van der Waals surface area contributed by atoms with E-state index < -0.39 is 44.8 Å². The first-order chi connectivity index (χ1) is 18.6. The number of nitrogens with zero attached hydrogens (tertiary/aromatic N) is 4. The molecule has 2 aromatic heterocycles. The van der Waals surface area contributed by atoms with Gasteiger partial charge in [0.15, 0.2) is 5.82 Å². The lowest BCUT2D eigenvalue weighted by atomic mass is 9.87. The zero-order chi connectivity index (χ0) is 27.5. The van der Waals surface area contributed by atoms with Gasteiger partial charge in [0.2, 0.25) is 5.95 Å². The van der Waals surface area contributed by atoms with Gasteiger partial charge in [-0.25, -0.2) is 18.2 Å². The van der Waals surface area contributed by atoms with E-state index >= 15 is 8.78 Å². The quantitative estimate of drug-likeness (QED) is 0.384. The number of alkyl halides is 1. The SMILES string of the molecule is N[C@H]1C[C@H](n2c(=O)c(-c3c(F)ccc(NS(=O)(=O)N4CC[C@@H](F)C4)c3F)cc3cnc(NCC4CC4)nc32)C1. The summed E-state index contributed by atoms with van der Waals surface area (Å²) < 4.78 is 74.2. The molecule has 0 radical (unpaired) electrons. The molecule has 14 heteroatoms. The molecule has 3 aliphatic rings. The van der Waals surface area contributed by atoms with Crippen LogP contribution in [0, 0.1) is 17.6 Å². The van der Waals surface area contributed by atoms with E-state index in [1.54, 1.807) is 0 Å². The van der Waals surface area contributed by atoms with Gasteiger partial charge in [0.05, 0.1) is 16.8 Å². The van der Waals surface area contributed by atoms with Crippen molar-refractivity contribution in [3.8, 4) is 11.1 Å². The van der Waals surface area contributed by atoms with Gasteiger partial charge in [-0.2, -0.15) is 17.7 Å². The van der Waals surface area contributed by atoms with Crippen LogP contribution in [0.5, 0.6) is 0 Å². The van der Waals surface area contributed by atoms with Crippen LogP contribution in [0.1, 0.15) is 38.1 Å². The highest BCUT2D eigenvalue weighted by atomic mass is 32.2. The number of nitrogens with one attached hydrogen (secondary N) is 2. The van der Waals surface area contributed by atoms with E-state index in [-0.39, 0.29) is 37.2 Å². The number of hydrogen-bond acceptors (Lipinski definition) is 7. The molecule has 0 spiro atoms. The first-order valence-corrected chi connectivity index (χ1v) is 14.4. The standard InChI is InChI=1S/C25H28F3N7O3S/c26-15-5-6-34(12-15)39(37,38)33-20-4-3-19(27)21(22(20)28)18-7-14-11-31-25(30-10-13-1-2-13)32-23(14)35(24(18)36)17-8-16(29)9-17/h3-4,7,11,13,15-17,33H,1-2,5-6,8-10,12,29H2,(H,30,31,32)/t15-,16-,17-/m1/s1. The zero-order valence-electron chi connectivity index (χ0n) is 20.9. The second-order valence-electron chi connectivity index (χ2n) is 10.6. The Balaban J connectivity index is 1.43. The second kappa shape index (κ2) is 9.75. The van der Waals surface area contributed by atoms with Crippen LogP contribution in [-0.2, 0) is 10.2 Å². The molecule has 1 aromatic carbocycles. The smallest absolute Gasteiger partial charge is 0.301 e. The van der Waals surface area contributed by atoms with Gasteiger partial charge in [0.1, 0.15) is 17.6 Å². The number of benzene rings is 1. The van der Waals surface area contributed by atoms with Crippen LogP contribution in [-0.4, -0.2) is 59.1 Å². The zero-order valence-corrected chi connectivity index (χ0v) is 21.7. The average Bonchev–Trinajstić information content (AvgIpc) is 3.60. The van der Waals surface area contributed by atoms with Gasteiger partial charge in [-0.3, -0.25) is 14.1 Å². The second-order valence-corrected chi connectivity index (χ2v) is 12.2. The number of rotatable bonds is 8. The molecule has 3 fully saturated rings. The number of nitrogens with two attached hydrogens (primary N) is 1. The van der Waals surface area contributed by atoms with Crippen molar-refractivity contribution in [2.45, 2.75) is 50.4 Å². The lowest BCUT2D eigenvalue weighted by molar-refractivity contribution is 0.267. The molecule has 208 valence electrons. The highest BCUT2D eigenvalue weighted by Gasteiger charge is 2.34. The first-order valence-electron chi connectivity index (χ1n) is 12.9. The van der Waals surface area contributed by atoms with Crippen LogP contribution in [0.2, 0.25) is 0 Å². The van der Waals surface area contributed by atoms with Crippen molar-refractivity contribution in [1.82, 2.24) is 18.8 Å². The molecule has 2 aliphatic carbocycles. The maximum absolute atomic E-state index is 15.8. The number of pyridine rings is 1. The molecule has 1 atom stereocenters. The number of fused-ring (bicyclic) bond motifs is 1. The van der Waals surface area contributed by atoms with E-state index in [9.17, 15) is 17.6 Å². The van der Waals surface area contributed by atoms with Crippen LogP contribution in [0.3, 0.4) is 0 Å². The topological polar surface area (TPSA) is 135 Å². The van der Waals surface area contributed by atoms with Gasteiger partial charge in [-0.05, 0) is 56.2 Å². The lowest BCUT2D eigenvalue weighted by Gasteiger charge is -2.34.